The highest BCUT2D eigenvalue weighted by Gasteiger charge is 2.15. The van der Waals surface area contributed by atoms with Crippen LogP contribution in [-0.2, 0) is 6.42 Å². The van der Waals surface area contributed by atoms with Crippen molar-refractivity contribution < 1.29 is 13.9 Å². The van der Waals surface area contributed by atoms with Gasteiger partial charge in [-0.15, -0.1) is 0 Å². The van der Waals surface area contributed by atoms with Gasteiger partial charge in [-0.25, -0.2) is 8.78 Å². The van der Waals surface area contributed by atoms with Gasteiger partial charge in [0, 0.05) is 0 Å². The second-order valence-corrected chi connectivity index (χ2v) is 3.33. The molecule has 0 atom stereocenters. The summed E-state index contributed by atoms with van der Waals surface area (Å²) < 4.78 is 25.3. The Balaban J connectivity index is 3.24. The molecule has 0 unspecified atom stereocenters. The lowest BCUT2D eigenvalue weighted by Gasteiger charge is -2.06. The summed E-state index contributed by atoms with van der Waals surface area (Å²) in [6.45, 7) is 0.269. The number of halogens is 3. The first-order valence-electron chi connectivity index (χ1n) is 3.63. The van der Waals surface area contributed by atoms with E-state index in [0.717, 1.165) is 6.07 Å². The Morgan fingerprint density at radius 1 is 1.46 bits per heavy atom. The molecule has 3 N–H and O–H groups in total. The summed E-state index contributed by atoms with van der Waals surface area (Å²) in [6, 6.07) is 0.947. The van der Waals surface area contributed by atoms with Gasteiger partial charge in [-0.05, 0) is 40.5 Å². The highest BCUT2D eigenvalue weighted by Crippen LogP contribution is 2.32. The van der Waals surface area contributed by atoms with E-state index in [1.54, 1.807) is 0 Å². The van der Waals surface area contributed by atoms with Crippen molar-refractivity contribution in [1.29, 1.82) is 0 Å². The Hall–Kier alpha value is -0.680. The summed E-state index contributed by atoms with van der Waals surface area (Å²) >= 11 is 2.74. The molecule has 0 amide bonds. The summed E-state index contributed by atoms with van der Waals surface area (Å²) in [6.07, 6.45) is 0.307. The molecular formula is C8H8BrF2NO. The van der Waals surface area contributed by atoms with Gasteiger partial charge in [-0.1, -0.05) is 0 Å². The van der Waals surface area contributed by atoms with Gasteiger partial charge in [0.05, 0.1) is 4.47 Å². The van der Waals surface area contributed by atoms with E-state index < -0.39 is 11.6 Å². The first-order valence-corrected chi connectivity index (χ1v) is 4.42. The van der Waals surface area contributed by atoms with E-state index in [1.807, 2.05) is 0 Å². The predicted octanol–water partition coefficient (Wildman–Crippen LogP) is 1.93. The molecule has 0 heterocycles. The van der Waals surface area contributed by atoms with E-state index in [0.29, 0.717) is 12.0 Å². The number of phenols is 1. The molecule has 0 aliphatic heterocycles. The second kappa shape index (κ2) is 4.02. The Morgan fingerprint density at radius 3 is 2.62 bits per heavy atom. The van der Waals surface area contributed by atoms with Crippen LogP contribution in [0.1, 0.15) is 5.56 Å². The smallest absolute Gasteiger partial charge is 0.176 e. The average molecular weight is 252 g/mol. The van der Waals surface area contributed by atoms with E-state index in [1.165, 1.54) is 0 Å². The number of phenolic OH excluding ortho intramolecular Hbond substituents is 1. The van der Waals surface area contributed by atoms with Crippen molar-refractivity contribution in [2.75, 3.05) is 6.54 Å². The fraction of sp³-hybridized carbons (Fsp3) is 0.250. The van der Waals surface area contributed by atoms with Crippen molar-refractivity contribution >= 4 is 15.9 Å². The van der Waals surface area contributed by atoms with E-state index in [4.69, 9.17) is 5.73 Å². The fourth-order valence-corrected chi connectivity index (χ4v) is 1.42. The Bertz CT molecular complexity index is 330. The third-order valence-electron chi connectivity index (χ3n) is 1.63. The van der Waals surface area contributed by atoms with Gasteiger partial charge in [0.25, 0.3) is 0 Å². The van der Waals surface area contributed by atoms with Gasteiger partial charge in [-0.2, -0.15) is 0 Å². The van der Waals surface area contributed by atoms with Crippen LogP contribution in [0, 0.1) is 11.6 Å². The van der Waals surface area contributed by atoms with Crippen molar-refractivity contribution in [2.24, 2.45) is 5.73 Å². The minimum atomic E-state index is -1.08. The molecule has 0 saturated carbocycles. The molecule has 0 aromatic heterocycles. The lowest BCUT2D eigenvalue weighted by atomic mass is 10.1. The monoisotopic (exact) mass is 251 g/mol. The third-order valence-corrected chi connectivity index (χ3v) is 2.35. The molecule has 0 bridgehead atoms. The molecule has 13 heavy (non-hydrogen) atoms. The van der Waals surface area contributed by atoms with Crippen molar-refractivity contribution in [3.8, 4) is 5.75 Å². The van der Waals surface area contributed by atoms with Crippen LogP contribution < -0.4 is 5.73 Å². The number of aromatic hydroxyl groups is 1. The zero-order valence-electron chi connectivity index (χ0n) is 6.65. The first-order chi connectivity index (χ1) is 6.07. The van der Waals surface area contributed by atoms with Gasteiger partial charge in [0.1, 0.15) is 5.75 Å². The number of rotatable bonds is 2. The summed E-state index contributed by atoms with van der Waals surface area (Å²) in [5.74, 6) is -2.37. The van der Waals surface area contributed by atoms with E-state index in [2.05, 4.69) is 15.9 Å². The normalized spacial score (nSPS) is 10.5. The van der Waals surface area contributed by atoms with Gasteiger partial charge in [0.2, 0.25) is 0 Å². The summed E-state index contributed by atoms with van der Waals surface area (Å²) in [5.41, 5.74) is 5.52. The summed E-state index contributed by atoms with van der Waals surface area (Å²) in [7, 11) is 0. The Morgan fingerprint density at radius 2 is 2.08 bits per heavy atom. The average Bonchev–Trinajstić information content (AvgIpc) is 2.11. The van der Waals surface area contributed by atoms with Crippen LogP contribution in [0.4, 0.5) is 8.78 Å². The molecule has 5 heteroatoms. The lowest BCUT2D eigenvalue weighted by Crippen LogP contribution is -2.04. The van der Waals surface area contributed by atoms with Crippen LogP contribution in [0.5, 0.6) is 5.75 Å². The van der Waals surface area contributed by atoms with Crippen molar-refractivity contribution in [3.63, 3.8) is 0 Å². The molecule has 0 spiro atoms. The third kappa shape index (κ3) is 1.97. The molecular weight excluding hydrogens is 244 g/mol. The highest BCUT2D eigenvalue weighted by atomic mass is 79.9. The topological polar surface area (TPSA) is 46.2 Å². The van der Waals surface area contributed by atoms with Crippen molar-refractivity contribution in [1.82, 2.24) is 0 Å². The van der Waals surface area contributed by atoms with Crippen LogP contribution in [0.3, 0.4) is 0 Å². The fourth-order valence-electron chi connectivity index (χ4n) is 0.981. The number of nitrogens with two attached hydrogens (primary N) is 1. The molecule has 2 nitrogen and oxygen atoms in total. The molecule has 1 aromatic carbocycles. The summed E-state index contributed by atoms with van der Waals surface area (Å²) in [4.78, 5) is 0. The zero-order chi connectivity index (χ0) is 10.0. The zero-order valence-corrected chi connectivity index (χ0v) is 8.24. The van der Waals surface area contributed by atoms with Crippen LogP contribution in [0.25, 0.3) is 0 Å². The largest absolute Gasteiger partial charge is 0.506 e. The van der Waals surface area contributed by atoms with Crippen LogP contribution in [-0.4, -0.2) is 11.7 Å². The maximum absolute atomic E-state index is 12.8. The predicted molar refractivity (Wildman–Crippen MR) is 48.5 cm³/mol. The maximum Gasteiger partial charge on any atom is 0.176 e. The molecule has 0 aliphatic carbocycles. The van der Waals surface area contributed by atoms with Gasteiger partial charge in [0.15, 0.2) is 11.6 Å². The molecule has 0 fully saturated rings. The molecule has 1 aromatic rings. The first kappa shape index (κ1) is 10.4. The van der Waals surface area contributed by atoms with Crippen LogP contribution in [0.2, 0.25) is 0 Å². The standard InChI is InChI=1S/C8H8BrF2NO/c9-6-7(11)5(10)3-4(1-2-12)8(6)13/h3,13H,1-2,12H2. The quantitative estimate of drug-likeness (QED) is 0.790. The van der Waals surface area contributed by atoms with E-state index >= 15 is 0 Å². The number of hydrogen-bond acceptors (Lipinski definition) is 2. The summed E-state index contributed by atoms with van der Waals surface area (Å²) in [5, 5.41) is 9.32. The minimum absolute atomic E-state index is 0.254. The van der Waals surface area contributed by atoms with Crippen LogP contribution >= 0.6 is 15.9 Å². The highest BCUT2D eigenvalue weighted by molar-refractivity contribution is 9.10. The van der Waals surface area contributed by atoms with Crippen LogP contribution in [0.15, 0.2) is 10.5 Å². The Labute approximate surface area is 82.5 Å². The second-order valence-electron chi connectivity index (χ2n) is 2.53. The van der Waals surface area contributed by atoms with E-state index in [-0.39, 0.29) is 16.8 Å². The lowest BCUT2D eigenvalue weighted by molar-refractivity contribution is 0.441. The molecule has 0 radical (unpaired) electrons. The molecule has 0 saturated heterocycles. The Kier molecular flexibility index (Phi) is 3.22. The number of benzene rings is 1. The van der Waals surface area contributed by atoms with Crippen molar-refractivity contribution in [3.05, 3.63) is 27.7 Å². The molecule has 0 aliphatic rings. The SMILES string of the molecule is NCCc1cc(F)c(F)c(Br)c1O. The van der Waals surface area contributed by atoms with Gasteiger partial charge in [-0.3, -0.25) is 0 Å². The maximum atomic E-state index is 12.8. The molecule has 1 rings (SSSR count). The number of hydrogen-bond donors (Lipinski definition) is 2. The van der Waals surface area contributed by atoms with E-state index in [9.17, 15) is 13.9 Å². The van der Waals surface area contributed by atoms with Crippen molar-refractivity contribution in [2.45, 2.75) is 6.42 Å². The molecule has 72 valence electrons. The van der Waals surface area contributed by atoms with Gasteiger partial charge >= 0.3 is 0 Å². The van der Waals surface area contributed by atoms with Gasteiger partial charge < -0.3 is 10.8 Å². The minimum Gasteiger partial charge on any atom is -0.506 e.